The lowest BCUT2D eigenvalue weighted by atomic mass is 9.76. The zero-order chi connectivity index (χ0) is 13.5. The lowest BCUT2D eigenvalue weighted by Crippen LogP contribution is -2.46. The summed E-state index contributed by atoms with van der Waals surface area (Å²) in [5.74, 6) is -3.95. The van der Waals surface area contributed by atoms with Gasteiger partial charge in [0.05, 0.1) is 6.61 Å². The van der Waals surface area contributed by atoms with Crippen LogP contribution in [0.3, 0.4) is 0 Å². The Kier molecular flexibility index (Phi) is 3.44. The van der Waals surface area contributed by atoms with Gasteiger partial charge in [0.2, 0.25) is 0 Å². The number of rotatable bonds is 3. The zero-order valence-electron chi connectivity index (χ0n) is 9.99. The molecule has 4 nitrogen and oxygen atoms in total. The average molecular weight is 323 g/mol. The first-order chi connectivity index (χ1) is 8.36. The van der Waals surface area contributed by atoms with Crippen molar-refractivity contribution >= 4 is 21.9 Å². The van der Waals surface area contributed by atoms with Crippen LogP contribution in [0.4, 0.5) is 8.78 Å². The van der Waals surface area contributed by atoms with Crippen LogP contribution in [0.2, 0.25) is 0 Å². The van der Waals surface area contributed by atoms with E-state index in [9.17, 15) is 13.6 Å². The Morgan fingerprint density at radius 2 is 2.39 bits per heavy atom. The summed E-state index contributed by atoms with van der Waals surface area (Å²) >= 11 is 3.18. The van der Waals surface area contributed by atoms with Gasteiger partial charge in [0.25, 0.3) is 5.92 Å². The summed E-state index contributed by atoms with van der Waals surface area (Å²) in [7, 11) is 0. The van der Waals surface area contributed by atoms with Crippen molar-refractivity contribution < 1.29 is 18.3 Å². The molecule has 1 aromatic rings. The van der Waals surface area contributed by atoms with Gasteiger partial charge in [0, 0.05) is 24.6 Å². The minimum Gasteiger partial charge on any atom is -0.461 e. The largest absolute Gasteiger partial charge is 0.461 e. The molecule has 1 saturated carbocycles. The maximum absolute atomic E-state index is 13.1. The highest BCUT2D eigenvalue weighted by Gasteiger charge is 2.54. The molecular formula is C11H13BrF2N2O2. The van der Waals surface area contributed by atoms with Gasteiger partial charge >= 0.3 is 5.97 Å². The molecule has 18 heavy (non-hydrogen) atoms. The topological polar surface area (TPSA) is 44.1 Å². The van der Waals surface area contributed by atoms with E-state index in [0.29, 0.717) is 4.73 Å². The number of carbonyl (C=O) groups excluding carboxylic acids is 1. The highest BCUT2D eigenvalue weighted by molar-refractivity contribution is 9.10. The van der Waals surface area contributed by atoms with Gasteiger partial charge in [-0.15, -0.1) is 0 Å². The van der Waals surface area contributed by atoms with Crippen molar-refractivity contribution in [3.05, 3.63) is 16.6 Å². The number of hydrogen-bond acceptors (Lipinski definition) is 3. The van der Waals surface area contributed by atoms with E-state index in [-0.39, 0.29) is 24.8 Å². The van der Waals surface area contributed by atoms with E-state index in [0.717, 1.165) is 0 Å². The number of nitrogens with zero attached hydrogens (tertiary/aromatic N) is 2. The maximum atomic E-state index is 13.1. The Morgan fingerprint density at radius 3 is 2.89 bits per heavy atom. The normalized spacial score (nSPS) is 25.6. The molecule has 7 heteroatoms. The molecular weight excluding hydrogens is 310 g/mol. The molecule has 2 rings (SSSR count). The number of imidazole rings is 1. The molecule has 1 aliphatic carbocycles. The van der Waals surface area contributed by atoms with Crippen molar-refractivity contribution in [2.75, 3.05) is 6.61 Å². The molecule has 0 radical (unpaired) electrons. The molecule has 100 valence electrons. The summed E-state index contributed by atoms with van der Waals surface area (Å²) in [6, 6.07) is -0.343. The molecule has 1 aromatic heterocycles. The molecule has 0 aliphatic heterocycles. The van der Waals surface area contributed by atoms with E-state index in [1.165, 1.54) is 13.1 Å². The molecule has 0 aromatic carbocycles. The second-order valence-electron chi connectivity index (χ2n) is 4.34. The summed E-state index contributed by atoms with van der Waals surface area (Å²) in [5.41, 5.74) is 0.131. The molecule has 2 unspecified atom stereocenters. The minimum absolute atomic E-state index is 0.131. The predicted molar refractivity (Wildman–Crippen MR) is 63.6 cm³/mol. The molecule has 1 heterocycles. The van der Waals surface area contributed by atoms with Crippen LogP contribution in [0.15, 0.2) is 10.9 Å². The summed E-state index contributed by atoms with van der Waals surface area (Å²) < 4.78 is 33.0. The van der Waals surface area contributed by atoms with Gasteiger partial charge < -0.3 is 9.30 Å². The quantitative estimate of drug-likeness (QED) is 0.803. The van der Waals surface area contributed by atoms with E-state index in [1.807, 2.05) is 0 Å². The van der Waals surface area contributed by atoms with Crippen molar-refractivity contribution in [2.45, 2.75) is 32.2 Å². The first-order valence-electron chi connectivity index (χ1n) is 5.66. The van der Waals surface area contributed by atoms with Crippen molar-refractivity contribution in [1.29, 1.82) is 0 Å². The molecule has 0 N–H and O–H groups in total. The number of halogens is 3. The lowest BCUT2D eigenvalue weighted by Gasteiger charge is -2.43. The van der Waals surface area contributed by atoms with Gasteiger partial charge in [-0.05, 0) is 22.9 Å². The number of alkyl halides is 2. The highest BCUT2D eigenvalue weighted by Crippen LogP contribution is 2.51. The second kappa shape index (κ2) is 4.60. The zero-order valence-corrected chi connectivity index (χ0v) is 11.6. The van der Waals surface area contributed by atoms with Gasteiger partial charge in [0.15, 0.2) is 10.4 Å². The standard InChI is InChI=1S/C11H13BrF2N2O2/c1-3-18-9(17)7-5-16(10(12)15-7)8-4-11(13,14)6(8)2/h5-6,8H,3-4H2,1-2H3. The molecule has 1 fully saturated rings. The fourth-order valence-corrected chi connectivity index (χ4v) is 2.57. The summed E-state index contributed by atoms with van der Waals surface area (Å²) in [4.78, 5) is 15.5. The number of carbonyl (C=O) groups is 1. The smallest absolute Gasteiger partial charge is 0.358 e. The SMILES string of the molecule is CCOC(=O)c1cn(C2CC(F)(F)C2C)c(Br)n1. The van der Waals surface area contributed by atoms with Gasteiger partial charge in [-0.1, -0.05) is 6.92 Å². The summed E-state index contributed by atoms with van der Waals surface area (Å²) in [6.45, 7) is 3.43. The third kappa shape index (κ3) is 2.15. The van der Waals surface area contributed by atoms with Gasteiger partial charge in [-0.2, -0.15) is 0 Å². The first kappa shape index (κ1) is 13.5. The van der Waals surface area contributed by atoms with E-state index in [1.54, 1.807) is 11.5 Å². The van der Waals surface area contributed by atoms with Crippen LogP contribution in [-0.4, -0.2) is 28.0 Å². The molecule has 0 amide bonds. The van der Waals surface area contributed by atoms with Crippen LogP contribution in [-0.2, 0) is 4.74 Å². The van der Waals surface area contributed by atoms with Crippen molar-refractivity contribution in [2.24, 2.45) is 5.92 Å². The van der Waals surface area contributed by atoms with Gasteiger partial charge in [-0.25, -0.2) is 18.6 Å². The van der Waals surface area contributed by atoms with Crippen LogP contribution in [0.5, 0.6) is 0 Å². The van der Waals surface area contributed by atoms with Crippen LogP contribution < -0.4 is 0 Å². The Labute approximate surface area is 111 Å². The maximum Gasteiger partial charge on any atom is 0.358 e. The molecule has 0 bridgehead atoms. The van der Waals surface area contributed by atoms with E-state index in [4.69, 9.17) is 4.74 Å². The summed E-state index contributed by atoms with van der Waals surface area (Å²) in [6.07, 6.45) is 1.23. The average Bonchev–Trinajstić information content (AvgIpc) is 2.68. The summed E-state index contributed by atoms with van der Waals surface area (Å²) in [5, 5.41) is 0. The fraction of sp³-hybridized carbons (Fsp3) is 0.636. The molecule has 0 spiro atoms. The van der Waals surface area contributed by atoms with Crippen molar-refractivity contribution in [3.8, 4) is 0 Å². The van der Waals surface area contributed by atoms with Crippen molar-refractivity contribution in [1.82, 2.24) is 9.55 Å². The monoisotopic (exact) mass is 322 g/mol. The number of aromatic nitrogens is 2. The predicted octanol–water partition coefficient (Wildman–Crippen LogP) is 3.04. The molecule has 2 atom stereocenters. The third-order valence-electron chi connectivity index (χ3n) is 3.25. The van der Waals surface area contributed by atoms with Crippen LogP contribution >= 0.6 is 15.9 Å². The Morgan fingerprint density at radius 1 is 1.72 bits per heavy atom. The minimum atomic E-state index is -2.64. The van der Waals surface area contributed by atoms with E-state index < -0.39 is 17.8 Å². The first-order valence-corrected chi connectivity index (χ1v) is 6.45. The highest BCUT2D eigenvalue weighted by atomic mass is 79.9. The van der Waals surface area contributed by atoms with E-state index >= 15 is 0 Å². The number of ether oxygens (including phenoxy) is 1. The lowest BCUT2D eigenvalue weighted by molar-refractivity contribution is -0.158. The van der Waals surface area contributed by atoms with Gasteiger partial charge in [-0.3, -0.25) is 0 Å². The number of hydrogen-bond donors (Lipinski definition) is 0. The second-order valence-corrected chi connectivity index (χ2v) is 5.05. The van der Waals surface area contributed by atoms with Crippen LogP contribution in [0.25, 0.3) is 0 Å². The van der Waals surface area contributed by atoms with Crippen LogP contribution in [0.1, 0.15) is 36.8 Å². The Hall–Kier alpha value is -0.980. The van der Waals surface area contributed by atoms with Crippen LogP contribution in [0, 0.1) is 5.92 Å². The molecule has 0 saturated heterocycles. The van der Waals surface area contributed by atoms with Gasteiger partial charge in [0.1, 0.15) is 0 Å². The fourth-order valence-electron chi connectivity index (χ4n) is 2.01. The molecule has 1 aliphatic rings. The van der Waals surface area contributed by atoms with Crippen molar-refractivity contribution in [3.63, 3.8) is 0 Å². The Balaban J connectivity index is 2.18. The number of esters is 1. The Bertz CT molecular complexity index is 476. The third-order valence-corrected chi connectivity index (χ3v) is 3.84. The van der Waals surface area contributed by atoms with E-state index in [2.05, 4.69) is 20.9 Å².